The number of nitrogens with one attached hydrogen (secondary N) is 1. The predicted octanol–water partition coefficient (Wildman–Crippen LogP) is 3.44. The normalized spacial score (nSPS) is 12.0. The van der Waals surface area contributed by atoms with Crippen molar-refractivity contribution < 1.29 is 0 Å². The number of hydrogen-bond donors (Lipinski definition) is 1. The maximum atomic E-state index is 4.35. The fraction of sp³-hybridized carbons (Fsp3) is 0.500. The second-order valence-electron chi connectivity index (χ2n) is 6.13. The minimum Gasteiger partial charge on any atom is -0.311 e. The van der Waals surface area contributed by atoms with Crippen molar-refractivity contribution in [3.05, 3.63) is 42.1 Å². The molecule has 0 amide bonds. The molecule has 21 heavy (non-hydrogen) atoms. The third-order valence-corrected chi connectivity index (χ3v) is 3.87. The number of fused-ring (bicyclic) bond motifs is 1. The molecule has 1 aromatic heterocycles. The van der Waals surface area contributed by atoms with Gasteiger partial charge in [-0.3, -0.25) is 9.88 Å². The zero-order chi connectivity index (χ0) is 15.2. The van der Waals surface area contributed by atoms with E-state index in [-0.39, 0.29) is 0 Å². The maximum Gasteiger partial charge on any atom is 0.0702 e. The molecule has 0 radical (unpaired) electrons. The molecule has 1 aromatic carbocycles. The molecule has 1 N–H and O–H groups in total. The zero-order valence-corrected chi connectivity index (χ0v) is 13.6. The topological polar surface area (TPSA) is 28.2 Å². The molecule has 0 fully saturated rings. The van der Waals surface area contributed by atoms with Gasteiger partial charge in [0.2, 0.25) is 0 Å². The molecule has 0 saturated carbocycles. The molecule has 0 aliphatic rings. The highest BCUT2D eigenvalue weighted by atomic mass is 15.2. The van der Waals surface area contributed by atoms with Crippen LogP contribution in [0.1, 0.15) is 33.3 Å². The van der Waals surface area contributed by atoms with E-state index in [4.69, 9.17) is 0 Å². The van der Waals surface area contributed by atoms with Gasteiger partial charge in [0.1, 0.15) is 0 Å². The first-order valence-electron chi connectivity index (χ1n) is 7.88. The summed E-state index contributed by atoms with van der Waals surface area (Å²) in [6.07, 6.45) is 1.84. The van der Waals surface area contributed by atoms with Crippen LogP contribution in [-0.4, -0.2) is 35.1 Å². The molecule has 0 atom stereocenters. The minimum absolute atomic E-state index is 0.596. The first-order valence-corrected chi connectivity index (χ1v) is 7.88. The lowest BCUT2D eigenvalue weighted by atomic mass is 10.1. The van der Waals surface area contributed by atoms with Crippen LogP contribution in [0.5, 0.6) is 0 Å². The van der Waals surface area contributed by atoms with Gasteiger partial charge in [-0.2, -0.15) is 0 Å². The summed E-state index contributed by atoms with van der Waals surface area (Å²) in [6, 6.07) is 11.8. The molecular formula is C18H27N3. The Labute approximate surface area is 128 Å². The SMILES string of the molecule is CC(C)N(CCNCc1ccc2ncccc2c1)C(C)C. The summed E-state index contributed by atoms with van der Waals surface area (Å²) >= 11 is 0. The van der Waals surface area contributed by atoms with Gasteiger partial charge in [0, 0.05) is 43.3 Å². The van der Waals surface area contributed by atoms with Gasteiger partial charge >= 0.3 is 0 Å². The molecule has 0 aliphatic heterocycles. The van der Waals surface area contributed by atoms with Crippen LogP contribution in [0, 0.1) is 0 Å². The lowest BCUT2D eigenvalue weighted by Crippen LogP contribution is -2.41. The Morgan fingerprint density at radius 2 is 1.86 bits per heavy atom. The Hall–Kier alpha value is -1.45. The number of aromatic nitrogens is 1. The molecule has 0 aliphatic carbocycles. The second-order valence-corrected chi connectivity index (χ2v) is 6.13. The highest BCUT2D eigenvalue weighted by Crippen LogP contribution is 2.13. The van der Waals surface area contributed by atoms with Gasteiger partial charge in [0.25, 0.3) is 0 Å². The lowest BCUT2D eigenvalue weighted by molar-refractivity contribution is 0.176. The van der Waals surface area contributed by atoms with E-state index in [0.29, 0.717) is 12.1 Å². The third-order valence-electron chi connectivity index (χ3n) is 3.87. The van der Waals surface area contributed by atoms with Crippen LogP contribution in [0.3, 0.4) is 0 Å². The van der Waals surface area contributed by atoms with E-state index in [1.165, 1.54) is 10.9 Å². The summed E-state index contributed by atoms with van der Waals surface area (Å²) in [5, 5.41) is 4.76. The predicted molar refractivity (Wildman–Crippen MR) is 90.4 cm³/mol. The fourth-order valence-electron chi connectivity index (χ4n) is 2.79. The van der Waals surface area contributed by atoms with Crippen LogP contribution < -0.4 is 5.32 Å². The second kappa shape index (κ2) is 7.53. The number of benzene rings is 1. The third kappa shape index (κ3) is 4.51. The largest absolute Gasteiger partial charge is 0.311 e. The fourth-order valence-corrected chi connectivity index (χ4v) is 2.79. The van der Waals surface area contributed by atoms with Crippen molar-refractivity contribution >= 4 is 10.9 Å². The van der Waals surface area contributed by atoms with Gasteiger partial charge < -0.3 is 5.32 Å². The van der Waals surface area contributed by atoms with Crippen LogP contribution in [0.2, 0.25) is 0 Å². The molecule has 1 heterocycles. The van der Waals surface area contributed by atoms with E-state index in [1.807, 2.05) is 12.3 Å². The average Bonchev–Trinajstić information content (AvgIpc) is 2.46. The molecule has 0 saturated heterocycles. The highest BCUT2D eigenvalue weighted by Gasteiger charge is 2.11. The van der Waals surface area contributed by atoms with Crippen molar-refractivity contribution in [2.45, 2.75) is 46.3 Å². The number of rotatable bonds is 7. The Bertz CT molecular complexity index is 555. The van der Waals surface area contributed by atoms with Gasteiger partial charge in [0.15, 0.2) is 0 Å². The molecule has 0 bridgehead atoms. The van der Waals surface area contributed by atoms with Crippen LogP contribution in [0.4, 0.5) is 0 Å². The van der Waals surface area contributed by atoms with Crippen LogP contribution in [0.15, 0.2) is 36.5 Å². The van der Waals surface area contributed by atoms with E-state index in [0.717, 1.165) is 25.2 Å². The highest BCUT2D eigenvalue weighted by molar-refractivity contribution is 5.78. The molecule has 114 valence electrons. The molecule has 2 aromatic rings. The quantitative estimate of drug-likeness (QED) is 0.790. The van der Waals surface area contributed by atoms with Crippen molar-refractivity contribution in [1.82, 2.24) is 15.2 Å². The lowest BCUT2D eigenvalue weighted by Gasteiger charge is -2.30. The van der Waals surface area contributed by atoms with Gasteiger partial charge in [-0.05, 0) is 51.5 Å². The maximum absolute atomic E-state index is 4.35. The first-order chi connectivity index (χ1) is 10.1. The Morgan fingerprint density at radius 3 is 2.57 bits per heavy atom. The summed E-state index contributed by atoms with van der Waals surface area (Å²) in [5.74, 6) is 0. The molecule has 3 nitrogen and oxygen atoms in total. The van der Waals surface area contributed by atoms with Crippen LogP contribution in [0.25, 0.3) is 10.9 Å². The smallest absolute Gasteiger partial charge is 0.0702 e. The average molecular weight is 285 g/mol. The molecular weight excluding hydrogens is 258 g/mol. The van der Waals surface area contributed by atoms with Crippen LogP contribution in [-0.2, 0) is 6.54 Å². The number of pyridine rings is 1. The van der Waals surface area contributed by atoms with Crippen molar-refractivity contribution in [3.63, 3.8) is 0 Å². The van der Waals surface area contributed by atoms with Gasteiger partial charge in [-0.15, -0.1) is 0 Å². The molecule has 0 spiro atoms. The van der Waals surface area contributed by atoms with Crippen molar-refractivity contribution in [2.24, 2.45) is 0 Å². The molecule has 2 rings (SSSR count). The van der Waals surface area contributed by atoms with E-state index in [9.17, 15) is 0 Å². The summed E-state index contributed by atoms with van der Waals surface area (Å²) < 4.78 is 0. The van der Waals surface area contributed by atoms with E-state index in [1.54, 1.807) is 0 Å². The van der Waals surface area contributed by atoms with Crippen molar-refractivity contribution in [3.8, 4) is 0 Å². The van der Waals surface area contributed by atoms with Crippen molar-refractivity contribution in [2.75, 3.05) is 13.1 Å². The van der Waals surface area contributed by atoms with Gasteiger partial charge in [-0.25, -0.2) is 0 Å². The van der Waals surface area contributed by atoms with E-state index in [2.05, 4.69) is 67.2 Å². The first kappa shape index (κ1) is 15.9. The molecule has 0 unspecified atom stereocenters. The summed E-state index contributed by atoms with van der Waals surface area (Å²) in [6.45, 7) is 12.1. The van der Waals surface area contributed by atoms with Crippen molar-refractivity contribution in [1.29, 1.82) is 0 Å². The monoisotopic (exact) mass is 285 g/mol. The van der Waals surface area contributed by atoms with E-state index >= 15 is 0 Å². The minimum atomic E-state index is 0.596. The standard InChI is InChI=1S/C18H27N3/c1-14(2)21(15(3)4)11-10-19-13-16-7-8-18-17(12-16)6-5-9-20-18/h5-9,12,14-15,19H,10-11,13H2,1-4H3. The summed E-state index contributed by atoms with van der Waals surface area (Å²) in [4.78, 5) is 6.86. The Kier molecular flexibility index (Phi) is 5.71. The van der Waals surface area contributed by atoms with Gasteiger partial charge in [0.05, 0.1) is 5.52 Å². The molecule has 3 heteroatoms. The zero-order valence-electron chi connectivity index (χ0n) is 13.6. The van der Waals surface area contributed by atoms with Crippen LogP contribution >= 0.6 is 0 Å². The number of nitrogens with zero attached hydrogens (tertiary/aromatic N) is 2. The van der Waals surface area contributed by atoms with E-state index < -0.39 is 0 Å². The Morgan fingerprint density at radius 1 is 1.10 bits per heavy atom. The number of hydrogen-bond acceptors (Lipinski definition) is 3. The van der Waals surface area contributed by atoms with Gasteiger partial charge in [-0.1, -0.05) is 12.1 Å². The summed E-state index contributed by atoms with van der Waals surface area (Å²) in [7, 11) is 0. The Balaban J connectivity index is 1.84. The summed E-state index contributed by atoms with van der Waals surface area (Å²) in [5.41, 5.74) is 2.38.